The normalized spacial score (nSPS) is 16.2. The van der Waals surface area contributed by atoms with E-state index in [1.807, 2.05) is 19.1 Å². The van der Waals surface area contributed by atoms with E-state index in [0.717, 1.165) is 29.9 Å². The zero-order valence-electron chi connectivity index (χ0n) is 14.9. The van der Waals surface area contributed by atoms with Crippen LogP contribution in [0.1, 0.15) is 30.2 Å². The van der Waals surface area contributed by atoms with Gasteiger partial charge in [-0.3, -0.25) is 14.8 Å². The fourth-order valence-electron chi connectivity index (χ4n) is 3.00. The van der Waals surface area contributed by atoms with Crippen LogP contribution in [0.25, 0.3) is 0 Å². The summed E-state index contributed by atoms with van der Waals surface area (Å²) in [4.78, 5) is 21.6. The van der Waals surface area contributed by atoms with Gasteiger partial charge in [0.1, 0.15) is 17.9 Å². The van der Waals surface area contributed by atoms with Crippen LogP contribution in [0.5, 0.6) is 5.75 Å². The number of carbonyl (C=O) groups excluding carboxylic acids is 1. The smallest absolute Gasteiger partial charge is 0.217 e. The minimum atomic E-state index is -0.0862. The Kier molecular flexibility index (Phi) is 5.32. The first-order valence-corrected chi connectivity index (χ1v) is 8.52. The number of nitrogens with one attached hydrogen (secondary N) is 1. The van der Waals surface area contributed by atoms with Crippen molar-refractivity contribution in [2.45, 2.75) is 32.9 Å². The van der Waals surface area contributed by atoms with Gasteiger partial charge in [0.25, 0.3) is 0 Å². The van der Waals surface area contributed by atoms with Gasteiger partial charge < -0.3 is 15.0 Å². The molecule has 1 N–H and O–H groups in total. The van der Waals surface area contributed by atoms with Crippen molar-refractivity contribution in [3.05, 3.63) is 47.5 Å². The van der Waals surface area contributed by atoms with Crippen molar-refractivity contribution < 1.29 is 9.53 Å². The summed E-state index contributed by atoms with van der Waals surface area (Å²) in [5.41, 5.74) is 3.25. The van der Waals surface area contributed by atoms with Gasteiger partial charge in [0.2, 0.25) is 5.91 Å². The van der Waals surface area contributed by atoms with Crippen molar-refractivity contribution in [2.75, 3.05) is 18.0 Å². The van der Waals surface area contributed by atoms with E-state index < -0.39 is 0 Å². The minimum absolute atomic E-state index is 0.00436. The van der Waals surface area contributed by atoms with E-state index >= 15 is 0 Å². The lowest BCUT2D eigenvalue weighted by Crippen LogP contribution is -2.26. The van der Waals surface area contributed by atoms with E-state index in [0.29, 0.717) is 24.4 Å². The third-order valence-electron chi connectivity index (χ3n) is 4.32. The molecule has 26 heavy (non-hydrogen) atoms. The summed E-state index contributed by atoms with van der Waals surface area (Å²) in [5.74, 6) is 0.594. The predicted molar refractivity (Wildman–Crippen MR) is 96.7 cm³/mol. The summed E-state index contributed by atoms with van der Waals surface area (Å²) in [6.45, 7) is 5.31. The van der Waals surface area contributed by atoms with Crippen molar-refractivity contribution in [2.24, 2.45) is 0 Å². The molecule has 1 atom stereocenters. The van der Waals surface area contributed by atoms with E-state index in [4.69, 9.17) is 4.74 Å². The van der Waals surface area contributed by atoms with Gasteiger partial charge in [0, 0.05) is 50.1 Å². The molecule has 134 valence electrons. The van der Waals surface area contributed by atoms with Crippen molar-refractivity contribution in [1.82, 2.24) is 15.3 Å². The molecule has 2 aromatic rings. The molecule has 0 aliphatic carbocycles. The van der Waals surface area contributed by atoms with Crippen LogP contribution >= 0.6 is 0 Å². The van der Waals surface area contributed by atoms with Gasteiger partial charge in [-0.2, -0.15) is 5.26 Å². The van der Waals surface area contributed by atoms with E-state index in [1.165, 1.54) is 6.92 Å². The average Bonchev–Trinajstić information content (AvgIpc) is 3.09. The third-order valence-corrected chi connectivity index (χ3v) is 4.32. The van der Waals surface area contributed by atoms with Gasteiger partial charge in [0.05, 0.1) is 24.0 Å². The van der Waals surface area contributed by atoms with Crippen LogP contribution in [0.15, 0.2) is 30.7 Å². The molecule has 1 saturated heterocycles. The zero-order valence-corrected chi connectivity index (χ0v) is 14.9. The van der Waals surface area contributed by atoms with Crippen LogP contribution in [0.4, 0.5) is 5.69 Å². The van der Waals surface area contributed by atoms with E-state index in [1.54, 1.807) is 18.6 Å². The monoisotopic (exact) mass is 351 g/mol. The van der Waals surface area contributed by atoms with E-state index in [2.05, 4.69) is 26.3 Å². The molecule has 1 aliphatic rings. The predicted octanol–water partition coefficient (Wildman–Crippen LogP) is 1.95. The maximum atomic E-state index is 11.2. The van der Waals surface area contributed by atoms with Crippen LogP contribution in [0.2, 0.25) is 0 Å². The number of hydrogen-bond acceptors (Lipinski definition) is 6. The van der Waals surface area contributed by atoms with Gasteiger partial charge in [-0.1, -0.05) is 0 Å². The molecular formula is C19H21N5O2. The largest absolute Gasteiger partial charge is 0.487 e. The molecule has 0 radical (unpaired) electrons. The number of aromatic nitrogens is 2. The first-order valence-electron chi connectivity index (χ1n) is 8.52. The molecule has 0 bridgehead atoms. The lowest BCUT2D eigenvalue weighted by Gasteiger charge is -2.21. The number of rotatable bonds is 5. The fraction of sp³-hybridized carbons (Fsp3) is 0.368. The van der Waals surface area contributed by atoms with Crippen molar-refractivity contribution in [1.29, 1.82) is 5.26 Å². The molecule has 1 fully saturated rings. The Morgan fingerprint density at radius 1 is 1.50 bits per heavy atom. The summed E-state index contributed by atoms with van der Waals surface area (Å²) in [7, 11) is 0. The molecule has 0 spiro atoms. The number of pyridine rings is 2. The van der Waals surface area contributed by atoms with Gasteiger partial charge in [0.15, 0.2) is 0 Å². The molecule has 1 amide bonds. The first kappa shape index (κ1) is 17.7. The second-order valence-corrected chi connectivity index (χ2v) is 6.32. The van der Waals surface area contributed by atoms with Crippen LogP contribution in [-0.4, -0.2) is 35.1 Å². The molecule has 2 aromatic heterocycles. The molecule has 1 aliphatic heterocycles. The Balaban J connectivity index is 1.70. The van der Waals surface area contributed by atoms with Crippen molar-refractivity contribution in [3.8, 4) is 11.8 Å². The Morgan fingerprint density at radius 2 is 2.35 bits per heavy atom. The summed E-state index contributed by atoms with van der Waals surface area (Å²) < 4.78 is 6.14. The highest BCUT2D eigenvalue weighted by Crippen LogP contribution is 2.27. The highest BCUT2D eigenvalue weighted by atomic mass is 16.5. The van der Waals surface area contributed by atoms with Gasteiger partial charge in [-0.25, -0.2) is 0 Å². The van der Waals surface area contributed by atoms with E-state index in [9.17, 15) is 10.1 Å². The lowest BCUT2D eigenvalue weighted by molar-refractivity contribution is -0.119. The van der Waals surface area contributed by atoms with E-state index in [-0.39, 0.29) is 12.0 Å². The number of amides is 1. The standard InChI is InChI=1S/C19H21N5O2/c1-13-7-18(16(8-20)10-22-13)24-6-4-17(12-24)26-19-11-21-5-3-15(19)9-23-14(2)25/h3,5,7,10-11,17H,4,6,9,12H2,1-2H3,(H,23,25)/t17-/m0/s1. The summed E-state index contributed by atoms with van der Waals surface area (Å²) in [6, 6.07) is 5.99. The van der Waals surface area contributed by atoms with Crippen molar-refractivity contribution in [3.63, 3.8) is 0 Å². The summed E-state index contributed by atoms with van der Waals surface area (Å²) in [6.07, 6.45) is 5.82. The average molecular weight is 351 g/mol. The maximum absolute atomic E-state index is 11.2. The Morgan fingerprint density at radius 3 is 3.12 bits per heavy atom. The second-order valence-electron chi connectivity index (χ2n) is 6.32. The first-order chi connectivity index (χ1) is 12.6. The molecule has 0 unspecified atom stereocenters. The molecular weight excluding hydrogens is 330 g/mol. The van der Waals surface area contributed by atoms with Crippen LogP contribution in [0.3, 0.4) is 0 Å². The minimum Gasteiger partial charge on any atom is -0.487 e. The second kappa shape index (κ2) is 7.83. The summed E-state index contributed by atoms with van der Waals surface area (Å²) in [5, 5.41) is 12.1. The fourth-order valence-corrected chi connectivity index (χ4v) is 3.00. The van der Waals surface area contributed by atoms with Gasteiger partial charge in [-0.15, -0.1) is 0 Å². The third kappa shape index (κ3) is 4.09. The zero-order chi connectivity index (χ0) is 18.5. The number of anilines is 1. The van der Waals surface area contributed by atoms with Crippen LogP contribution in [-0.2, 0) is 11.3 Å². The Hall–Kier alpha value is -3.14. The Bertz CT molecular complexity index is 846. The maximum Gasteiger partial charge on any atom is 0.217 e. The van der Waals surface area contributed by atoms with Crippen LogP contribution in [0, 0.1) is 18.3 Å². The van der Waals surface area contributed by atoms with Gasteiger partial charge in [-0.05, 0) is 19.1 Å². The molecule has 3 heterocycles. The van der Waals surface area contributed by atoms with Crippen LogP contribution < -0.4 is 15.0 Å². The van der Waals surface area contributed by atoms with Gasteiger partial charge >= 0.3 is 0 Å². The topological polar surface area (TPSA) is 91.1 Å². The Labute approximate surface area is 152 Å². The number of ether oxygens (including phenoxy) is 1. The van der Waals surface area contributed by atoms with Crippen molar-refractivity contribution >= 4 is 11.6 Å². The quantitative estimate of drug-likeness (QED) is 0.885. The number of hydrogen-bond donors (Lipinski definition) is 1. The number of carbonyl (C=O) groups is 1. The summed E-state index contributed by atoms with van der Waals surface area (Å²) >= 11 is 0. The number of aryl methyl sites for hydroxylation is 1. The lowest BCUT2D eigenvalue weighted by atomic mass is 10.2. The molecule has 3 rings (SSSR count). The molecule has 0 aromatic carbocycles. The highest BCUT2D eigenvalue weighted by molar-refractivity contribution is 5.72. The molecule has 7 heteroatoms. The molecule has 0 saturated carbocycles. The highest BCUT2D eigenvalue weighted by Gasteiger charge is 2.26. The SMILES string of the molecule is CC(=O)NCc1ccncc1O[C@H]1CCN(c2cc(C)ncc2C#N)C1. The number of nitrogens with zero attached hydrogens (tertiary/aromatic N) is 4. The molecule has 7 nitrogen and oxygen atoms in total. The number of nitriles is 1.